The predicted molar refractivity (Wildman–Crippen MR) is 78.4 cm³/mol. The molecule has 2 aliphatic rings. The monoisotopic (exact) mass is 273 g/mol. The molecule has 0 N–H and O–H groups in total. The summed E-state index contributed by atoms with van der Waals surface area (Å²) in [5.41, 5.74) is 1.30. The van der Waals surface area contributed by atoms with E-state index in [0.717, 1.165) is 32.4 Å². The Bertz CT molecular complexity index is 453. The first-order chi connectivity index (χ1) is 9.75. The van der Waals surface area contributed by atoms with E-state index in [1.165, 1.54) is 5.56 Å². The molecule has 1 aliphatic heterocycles. The van der Waals surface area contributed by atoms with Gasteiger partial charge in [-0.3, -0.25) is 4.79 Å². The lowest BCUT2D eigenvalue weighted by Crippen LogP contribution is -2.43. The summed E-state index contributed by atoms with van der Waals surface area (Å²) >= 11 is 0. The molecule has 3 heteroatoms. The van der Waals surface area contributed by atoms with Gasteiger partial charge in [0, 0.05) is 19.1 Å². The zero-order chi connectivity index (χ0) is 13.9. The van der Waals surface area contributed by atoms with Crippen LogP contribution in [-0.4, -0.2) is 36.6 Å². The lowest BCUT2D eigenvalue weighted by Gasteiger charge is -2.28. The number of rotatable bonds is 5. The van der Waals surface area contributed by atoms with Crippen LogP contribution in [0, 0.1) is 11.8 Å². The minimum Gasteiger partial charge on any atom is -0.379 e. The number of amides is 1. The topological polar surface area (TPSA) is 29.5 Å². The maximum absolute atomic E-state index is 12.6. The summed E-state index contributed by atoms with van der Waals surface area (Å²) in [4.78, 5) is 14.7. The molecule has 1 aromatic carbocycles. The molecule has 3 atom stereocenters. The van der Waals surface area contributed by atoms with E-state index in [9.17, 15) is 4.79 Å². The molecule has 20 heavy (non-hydrogen) atoms. The quantitative estimate of drug-likeness (QED) is 0.825. The van der Waals surface area contributed by atoms with E-state index in [4.69, 9.17) is 4.74 Å². The molecule has 0 unspecified atom stereocenters. The third-order valence-corrected chi connectivity index (χ3v) is 4.54. The second-order valence-corrected chi connectivity index (χ2v) is 6.10. The molecule has 1 amide bonds. The second-order valence-electron chi connectivity index (χ2n) is 6.10. The number of hydrogen-bond acceptors (Lipinski definition) is 2. The van der Waals surface area contributed by atoms with Crippen LogP contribution in [0.2, 0.25) is 0 Å². The first kappa shape index (κ1) is 13.6. The fourth-order valence-corrected chi connectivity index (χ4v) is 3.01. The Labute approximate surface area is 120 Å². The molecule has 1 aromatic rings. The molecule has 3 nitrogen and oxygen atoms in total. The molecule has 1 saturated heterocycles. The third-order valence-electron chi connectivity index (χ3n) is 4.54. The number of carbonyl (C=O) groups excluding carboxylic acids is 1. The fraction of sp³-hybridized carbons (Fsp3) is 0.588. The largest absolute Gasteiger partial charge is 0.379 e. The Morgan fingerprint density at radius 1 is 1.35 bits per heavy atom. The summed E-state index contributed by atoms with van der Waals surface area (Å²) in [6.45, 7) is 4.49. The lowest BCUT2D eigenvalue weighted by molar-refractivity contribution is -0.135. The van der Waals surface area contributed by atoms with Crippen molar-refractivity contribution in [3.05, 3.63) is 35.9 Å². The van der Waals surface area contributed by atoms with Crippen LogP contribution in [0.25, 0.3) is 0 Å². The molecular weight excluding hydrogens is 250 g/mol. The first-order valence-corrected chi connectivity index (χ1v) is 7.68. The maximum atomic E-state index is 12.6. The van der Waals surface area contributed by atoms with Gasteiger partial charge in [-0.25, -0.2) is 0 Å². The van der Waals surface area contributed by atoms with Crippen molar-refractivity contribution in [2.45, 2.75) is 32.2 Å². The number of hydrogen-bond donors (Lipinski definition) is 0. The van der Waals surface area contributed by atoms with E-state index in [2.05, 4.69) is 36.1 Å². The van der Waals surface area contributed by atoms with Crippen LogP contribution < -0.4 is 0 Å². The van der Waals surface area contributed by atoms with Gasteiger partial charge >= 0.3 is 0 Å². The average Bonchev–Trinajstić information content (AvgIpc) is 2.98. The van der Waals surface area contributed by atoms with Crippen LogP contribution >= 0.6 is 0 Å². The Balaban J connectivity index is 1.64. The van der Waals surface area contributed by atoms with Gasteiger partial charge < -0.3 is 9.64 Å². The minimum atomic E-state index is 0.270. The highest BCUT2D eigenvalue weighted by Crippen LogP contribution is 2.39. The van der Waals surface area contributed by atoms with Crippen molar-refractivity contribution in [1.29, 1.82) is 0 Å². The van der Waals surface area contributed by atoms with Gasteiger partial charge in [0.2, 0.25) is 5.91 Å². The van der Waals surface area contributed by atoms with Crippen LogP contribution in [0.1, 0.15) is 25.3 Å². The normalized spacial score (nSPS) is 28.4. The number of carbonyl (C=O) groups is 1. The van der Waals surface area contributed by atoms with Crippen molar-refractivity contribution < 1.29 is 9.53 Å². The zero-order valence-electron chi connectivity index (χ0n) is 12.1. The smallest absolute Gasteiger partial charge is 0.226 e. The van der Waals surface area contributed by atoms with E-state index < -0.39 is 0 Å². The summed E-state index contributed by atoms with van der Waals surface area (Å²) in [5.74, 6) is 1.19. The van der Waals surface area contributed by atoms with Gasteiger partial charge in [0.1, 0.15) is 0 Å². The van der Waals surface area contributed by atoms with Crippen molar-refractivity contribution in [1.82, 2.24) is 4.90 Å². The summed E-state index contributed by atoms with van der Waals surface area (Å²) in [6.07, 6.45) is 2.99. The molecular formula is C17H23NO2. The highest BCUT2D eigenvalue weighted by atomic mass is 16.5. The molecule has 2 fully saturated rings. The van der Waals surface area contributed by atoms with Crippen molar-refractivity contribution in [2.75, 3.05) is 19.8 Å². The highest BCUT2D eigenvalue weighted by molar-refractivity contribution is 5.82. The van der Waals surface area contributed by atoms with E-state index in [1.54, 1.807) is 0 Å². The highest BCUT2D eigenvalue weighted by Gasteiger charge is 2.43. The van der Waals surface area contributed by atoms with Crippen LogP contribution in [0.3, 0.4) is 0 Å². The third kappa shape index (κ3) is 3.04. The van der Waals surface area contributed by atoms with Gasteiger partial charge in [-0.2, -0.15) is 0 Å². The summed E-state index contributed by atoms with van der Waals surface area (Å²) in [7, 11) is 0. The van der Waals surface area contributed by atoms with Crippen LogP contribution in [0.15, 0.2) is 30.3 Å². The molecule has 1 saturated carbocycles. The van der Waals surface area contributed by atoms with Crippen molar-refractivity contribution >= 4 is 5.91 Å². The Hall–Kier alpha value is -1.35. The molecule has 1 heterocycles. The average molecular weight is 273 g/mol. The van der Waals surface area contributed by atoms with Gasteiger partial charge in [0.15, 0.2) is 0 Å². The summed E-state index contributed by atoms with van der Waals surface area (Å²) in [6, 6.07) is 10.7. The number of ether oxygens (including phenoxy) is 1. The molecule has 3 rings (SSSR count). The van der Waals surface area contributed by atoms with E-state index in [-0.39, 0.29) is 5.92 Å². The number of benzene rings is 1. The van der Waals surface area contributed by atoms with Gasteiger partial charge in [0.05, 0.1) is 12.6 Å². The Morgan fingerprint density at radius 2 is 2.10 bits per heavy atom. The molecule has 1 aliphatic carbocycles. The van der Waals surface area contributed by atoms with E-state index in [0.29, 0.717) is 24.5 Å². The predicted octanol–water partition coefficient (Wildman–Crippen LogP) is 2.50. The van der Waals surface area contributed by atoms with Crippen LogP contribution in [0.4, 0.5) is 0 Å². The second kappa shape index (κ2) is 5.96. The molecule has 108 valence electrons. The SMILES string of the molecule is C[C@@H]1C[C@H]1C(=O)N(CCc1ccccc1)[C@H]1CCOC1. The molecule has 0 spiro atoms. The van der Waals surface area contributed by atoms with Gasteiger partial charge in [-0.1, -0.05) is 37.3 Å². The Kier molecular flexibility index (Phi) is 4.06. The van der Waals surface area contributed by atoms with E-state index >= 15 is 0 Å². The molecule has 0 radical (unpaired) electrons. The zero-order valence-corrected chi connectivity index (χ0v) is 12.1. The van der Waals surface area contributed by atoms with Gasteiger partial charge in [0.25, 0.3) is 0 Å². The van der Waals surface area contributed by atoms with Crippen LogP contribution in [-0.2, 0) is 16.0 Å². The minimum absolute atomic E-state index is 0.270. The van der Waals surface area contributed by atoms with Gasteiger partial charge in [-0.15, -0.1) is 0 Å². The number of nitrogens with zero attached hydrogens (tertiary/aromatic N) is 1. The fourth-order valence-electron chi connectivity index (χ4n) is 3.01. The van der Waals surface area contributed by atoms with E-state index in [1.807, 2.05) is 6.07 Å². The van der Waals surface area contributed by atoms with Crippen molar-refractivity contribution in [2.24, 2.45) is 11.8 Å². The first-order valence-electron chi connectivity index (χ1n) is 7.68. The lowest BCUT2D eigenvalue weighted by atomic mass is 10.1. The maximum Gasteiger partial charge on any atom is 0.226 e. The summed E-state index contributed by atoms with van der Waals surface area (Å²) in [5, 5.41) is 0. The Morgan fingerprint density at radius 3 is 2.70 bits per heavy atom. The molecule has 0 aromatic heterocycles. The molecule has 0 bridgehead atoms. The van der Waals surface area contributed by atoms with Gasteiger partial charge in [-0.05, 0) is 30.7 Å². The standard InChI is InChI=1S/C17H23NO2/c1-13-11-16(13)17(19)18(15-8-10-20-12-15)9-7-14-5-3-2-4-6-14/h2-6,13,15-16H,7-12H2,1H3/t13-,15+,16-/m1/s1. The van der Waals surface area contributed by atoms with Crippen LogP contribution in [0.5, 0.6) is 0 Å². The van der Waals surface area contributed by atoms with Crippen molar-refractivity contribution in [3.63, 3.8) is 0 Å². The summed E-state index contributed by atoms with van der Waals surface area (Å²) < 4.78 is 5.47. The van der Waals surface area contributed by atoms with Crippen molar-refractivity contribution in [3.8, 4) is 0 Å².